The van der Waals surface area contributed by atoms with E-state index < -0.39 is 7.12 Å². The van der Waals surface area contributed by atoms with Crippen molar-refractivity contribution in [3.63, 3.8) is 0 Å². The molecule has 66 valence electrons. The highest BCUT2D eigenvalue weighted by Crippen LogP contribution is 2.09. The minimum Gasteiger partial charge on any atom is -0.423 e. The van der Waals surface area contributed by atoms with E-state index in [9.17, 15) is 4.79 Å². The minimum atomic E-state index is -1.53. The summed E-state index contributed by atoms with van der Waals surface area (Å²) < 4.78 is 0. The fraction of sp³-hybridized carbons (Fsp3) is 0.143. The van der Waals surface area contributed by atoms with E-state index in [0.29, 0.717) is 23.3 Å². The Balaban J connectivity index is 2.45. The van der Waals surface area contributed by atoms with Crippen LogP contribution in [-0.4, -0.2) is 28.1 Å². The fourth-order valence-electron chi connectivity index (χ4n) is 1.27. The highest BCUT2D eigenvalue weighted by Gasteiger charge is 2.22. The Morgan fingerprint density at radius 1 is 1.54 bits per heavy atom. The molecule has 0 aliphatic carbocycles. The van der Waals surface area contributed by atoms with Crippen LogP contribution in [0.2, 0.25) is 0 Å². The summed E-state index contributed by atoms with van der Waals surface area (Å²) in [6, 6.07) is 1.56. The molecule has 1 amide bonds. The van der Waals surface area contributed by atoms with Crippen LogP contribution in [0.4, 0.5) is 0 Å². The average Bonchev–Trinajstić information content (AvgIpc) is 2.47. The lowest BCUT2D eigenvalue weighted by Gasteiger charge is -1.99. The zero-order chi connectivity index (χ0) is 9.42. The van der Waals surface area contributed by atoms with Gasteiger partial charge in [0.25, 0.3) is 5.91 Å². The van der Waals surface area contributed by atoms with Crippen molar-refractivity contribution in [2.45, 2.75) is 6.54 Å². The number of fused-ring (bicyclic) bond motifs is 1. The van der Waals surface area contributed by atoms with Crippen LogP contribution in [0, 0.1) is 0 Å². The van der Waals surface area contributed by atoms with Crippen LogP contribution in [0.25, 0.3) is 0 Å². The van der Waals surface area contributed by atoms with Crippen molar-refractivity contribution in [2.24, 2.45) is 0 Å². The van der Waals surface area contributed by atoms with E-state index >= 15 is 0 Å². The number of hydrogen-bond acceptors (Lipinski definition) is 4. The number of hydrogen-bond donors (Lipinski definition) is 3. The van der Waals surface area contributed by atoms with Crippen molar-refractivity contribution in [1.29, 1.82) is 0 Å². The summed E-state index contributed by atoms with van der Waals surface area (Å²) in [7, 11) is -1.53. The molecule has 3 N–H and O–H groups in total. The number of rotatable bonds is 1. The molecular formula is C7H7BN2O3. The molecule has 0 unspecified atom stereocenters. The summed E-state index contributed by atoms with van der Waals surface area (Å²) in [5.74, 6) is -0.214. The number of nitrogens with one attached hydrogen (secondary N) is 1. The van der Waals surface area contributed by atoms with Gasteiger partial charge in [0.15, 0.2) is 0 Å². The number of aromatic nitrogens is 1. The van der Waals surface area contributed by atoms with Crippen LogP contribution >= 0.6 is 0 Å². The van der Waals surface area contributed by atoms with Crippen LogP contribution in [0.15, 0.2) is 12.3 Å². The normalized spacial score (nSPS) is 13.8. The predicted molar refractivity (Wildman–Crippen MR) is 45.2 cm³/mol. The number of carbonyl (C=O) groups excluding carboxylic acids is 1. The largest absolute Gasteiger partial charge is 0.490 e. The Labute approximate surface area is 74.6 Å². The maximum absolute atomic E-state index is 11.0. The molecule has 1 aromatic heterocycles. The molecule has 2 heterocycles. The quantitative estimate of drug-likeness (QED) is 0.434. The maximum atomic E-state index is 11.0. The topological polar surface area (TPSA) is 82.5 Å². The second-order valence-electron chi connectivity index (χ2n) is 2.83. The number of nitrogens with zero attached hydrogens (tertiary/aromatic N) is 1. The molecular weight excluding hydrogens is 171 g/mol. The zero-order valence-corrected chi connectivity index (χ0v) is 6.69. The number of pyridine rings is 1. The third-order valence-corrected chi connectivity index (χ3v) is 1.94. The molecule has 5 nitrogen and oxygen atoms in total. The van der Waals surface area contributed by atoms with Gasteiger partial charge in [-0.3, -0.25) is 9.78 Å². The summed E-state index contributed by atoms with van der Waals surface area (Å²) in [5.41, 5.74) is 1.37. The van der Waals surface area contributed by atoms with E-state index in [4.69, 9.17) is 10.0 Å². The van der Waals surface area contributed by atoms with Crippen molar-refractivity contribution in [3.8, 4) is 0 Å². The Bertz CT molecular complexity index is 367. The molecule has 1 aliphatic heterocycles. The molecule has 1 aromatic rings. The van der Waals surface area contributed by atoms with Crippen molar-refractivity contribution < 1.29 is 14.8 Å². The zero-order valence-electron chi connectivity index (χ0n) is 6.69. The van der Waals surface area contributed by atoms with E-state index in [1.807, 2.05) is 0 Å². The van der Waals surface area contributed by atoms with Crippen LogP contribution in [-0.2, 0) is 6.54 Å². The number of carbonyl (C=O) groups is 1. The molecule has 0 spiro atoms. The second kappa shape index (κ2) is 2.83. The van der Waals surface area contributed by atoms with Gasteiger partial charge in [-0.25, -0.2) is 0 Å². The average molecular weight is 178 g/mol. The second-order valence-corrected chi connectivity index (χ2v) is 2.83. The maximum Gasteiger partial charge on any atom is 0.490 e. The highest BCUT2D eigenvalue weighted by molar-refractivity contribution is 6.58. The smallest absolute Gasteiger partial charge is 0.423 e. The molecule has 0 atom stereocenters. The molecule has 0 bridgehead atoms. The van der Waals surface area contributed by atoms with E-state index in [0.717, 1.165) is 0 Å². The lowest BCUT2D eigenvalue weighted by Crippen LogP contribution is -2.30. The third kappa shape index (κ3) is 1.30. The molecule has 0 saturated heterocycles. The van der Waals surface area contributed by atoms with Gasteiger partial charge in [0.2, 0.25) is 0 Å². The first-order valence-corrected chi connectivity index (χ1v) is 3.81. The Hall–Kier alpha value is -1.40. The van der Waals surface area contributed by atoms with E-state index in [2.05, 4.69) is 10.3 Å². The van der Waals surface area contributed by atoms with Crippen LogP contribution in [0.3, 0.4) is 0 Å². The Kier molecular flexibility index (Phi) is 1.79. The highest BCUT2D eigenvalue weighted by atomic mass is 16.4. The van der Waals surface area contributed by atoms with Crippen LogP contribution < -0.4 is 10.8 Å². The van der Waals surface area contributed by atoms with Crippen molar-refractivity contribution in [3.05, 3.63) is 23.5 Å². The summed E-state index contributed by atoms with van der Waals surface area (Å²) in [4.78, 5) is 14.9. The van der Waals surface area contributed by atoms with Gasteiger partial charge >= 0.3 is 7.12 Å². The predicted octanol–water partition coefficient (Wildman–Crippen LogP) is -2.00. The summed E-state index contributed by atoms with van der Waals surface area (Å²) in [6.07, 6.45) is 1.29. The van der Waals surface area contributed by atoms with Gasteiger partial charge in [0, 0.05) is 23.8 Å². The van der Waals surface area contributed by atoms with Gasteiger partial charge in [0.1, 0.15) is 5.69 Å². The van der Waals surface area contributed by atoms with Crippen molar-refractivity contribution in [1.82, 2.24) is 10.3 Å². The van der Waals surface area contributed by atoms with Crippen LogP contribution in [0.1, 0.15) is 16.1 Å². The molecule has 2 rings (SSSR count). The van der Waals surface area contributed by atoms with Gasteiger partial charge in [-0.15, -0.1) is 0 Å². The molecule has 0 fully saturated rings. The lowest BCUT2D eigenvalue weighted by atomic mass is 9.81. The van der Waals surface area contributed by atoms with Crippen molar-refractivity contribution >= 4 is 18.5 Å². The lowest BCUT2D eigenvalue weighted by molar-refractivity contribution is 0.0961. The molecule has 0 saturated carbocycles. The molecule has 6 heteroatoms. The molecule has 0 aromatic carbocycles. The van der Waals surface area contributed by atoms with Crippen LogP contribution in [0.5, 0.6) is 0 Å². The summed E-state index contributed by atoms with van der Waals surface area (Å²) in [6.45, 7) is 0.404. The molecule has 13 heavy (non-hydrogen) atoms. The van der Waals surface area contributed by atoms with Crippen molar-refractivity contribution in [2.75, 3.05) is 0 Å². The monoisotopic (exact) mass is 178 g/mol. The van der Waals surface area contributed by atoms with Gasteiger partial charge in [0.05, 0.1) is 0 Å². The third-order valence-electron chi connectivity index (χ3n) is 1.94. The minimum absolute atomic E-state index is 0.214. The summed E-state index contributed by atoms with van der Waals surface area (Å²) in [5, 5.41) is 20.2. The Morgan fingerprint density at radius 2 is 2.31 bits per heavy atom. The van der Waals surface area contributed by atoms with Gasteiger partial charge < -0.3 is 15.4 Å². The fourth-order valence-corrected chi connectivity index (χ4v) is 1.27. The van der Waals surface area contributed by atoms with Gasteiger partial charge in [-0.1, -0.05) is 6.07 Å². The first-order chi connectivity index (χ1) is 6.18. The van der Waals surface area contributed by atoms with Gasteiger partial charge in [-0.05, 0) is 0 Å². The van der Waals surface area contributed by atoms with E-state index in [1.54, 1.807) is 6.07 Å². The Morgan fingerprint density at radius 3 is 3.00 bits per heavy atom. The first-order valence-electron chi connectivity index (χ1n) is 3.81. The molecule has 0 radical (unpaired) electrons. The van der Waals surface area contributed by atoms with Gasteiger partial charge in [-0.2, -0.15) is 0 Å². The number of amides is 1. The van der Waals surface area contributed by atoms with E-state index in [1.165, 1.54) is 6.20 Å². The molecule has 1 aliphatic rings. The SMILES string of the molecule is O=C1NCc2cc(B(O)O)cnc21. The first kappa shape index (κ1) is 8.21. The summed E-state index contributed by atoms with van der Waals surface area (Å²) >= 11 is 0. The standard InChI is InChI=1S/C7H7BN2O3/c11-7-6-4(2-10-7)1-5(3-9-6)8(12)13/h1,3,12-13H,2H2,(H,10,11). The van der Waals surface area contributed by atoms with E-state index in [-0.39, 0.29) is 5.91 Å².